The second-order valence-electron chi connectivity index (χ2n) is 6.33. The summed E-state index contributed by atoms with van der Waals surface area (Å²) in [4.78, 5) is 2.29. The lowest BCUT2D eigenvalue weighted by Gasteiger charge is -2.32. The van der Waals surface area contributed by atoms with E-state index in [1.807, 2.05) is 0 Å². The van der Waals surface area contributed by atoms with Gasteiger partial charge in [0.05, 0.1) is 17.3 Å². The zero-order valence-corrected chi connectivity index (χ0v) is 12.4. The van der Waals surface area contributed by atoms with Crippen LogP contribution in [0.4, 0.5) is 0 Å². The molecule has 0 saturated carbocycles. The lowest BCUT2D eigenvalue weighted by Crippen LogP contribution is -2.41. The lowest BCUT2D eigenvalue weighted by molar-refractivity contribution is 0.00578. The first-order valence-electron chi connectivity index (χ1n) is 6.99. The van der Waals surface area contributed by atoms with Gasteiger partial charge in [-0.25, -0.2) is 0 Å². The molecule has 0 atom stereocenters. The van der Waals surface area contributed by atoms with E-state index in [0.29, 0.717) is 6.42 Å². The predicted octanol–water partition coefficient (Wildman–Crippen LogP) is 2.16. The van der Waals surface area contributed by atoms with Gasteiger partial charge in [-0.05, 0) is 39.6 Å². The molecule has 0 aromatic heterocycles. The van der Waals surface area contributed by atoms with Crippen molar-refractivity contribution >= 4 is 7.12 Å². The molecule has 0 radical (unpaired) electrons. The van der Waals surface area contributed by atoms with Gasteiger partial charge in [-0.15, -0.1) is 0 Å². The Morgan fingerprint density at radius 3 is 2.42 bits per heavy atom. The Balaban J connectivity index is 1.95. The van der Waals surface area contributed by atoms with Crippen LogP contribution in [0.25, 0.3) is 0 Å². The van der Waals surface area contributed by atoms with Gasteiger partial charge in [0, 0.05) is 26.1 Å². The molecule has 0 aromatic carbocycles. The number of nitriles is 1. The summed E-state index contributed by atoms with van der Waals surface area (Å²) in [6.07, 6.45) is 3.75. The second kappa shape index (κ2) is 5.28. The van der Waals surface area contributed by atoms with Gasteiger partial charge in [-0.3, -0.25) is 4.90 Å². The molecule has 1 fully saturated rings. The van der Waals surface area contributed by atoms with Crippen molar-refractivity contribution in [1.82, 2.24) is 4.90 Å². The topological polar surface area (TPSA) is 45.5 Å². The molecule has 0 aliphatic carbocycles. The molecule has 2 aliphatic heterocycles. The van der Waals surface area contributed by atoms with Crippen molar-refractivity contribution in [2.24, 2.45) is 0 Å². The van der Waals surface area contributed by atoms with E-state index >= 15 is 0 Å². The zero-order chi connectivity index (χ0) is 14.1. The molecule has 0 aromatic rings. The highest BCUT2D eigenvalue weighted by Gasteiger charge is 2.52. The molecule has 2 aliphatic rings. The Kier molecular flexibility index (Phi) is 4.05. The number of hydrogen-bond acceptors (Lipinski definition) is 4. The van der Waals surface area contributed by atoms with Gasteiger partial charge >= 0.3 is 7.12 Å². The van der Waals surface area contributed by atoms with Crippen LogP contribution in [0.15, 0.2) is 11.5 Å². The molecule has 0 unspecified atom stereocenters. The van der Waals surface area contributed by atoms with Crippen LogP contribution >= 0.6 is 0 Å². The van der Waals surface area contributed by atoms with Gasteiger partial charge in [-0.2, -0.15) is 5.26 Å². The van der Waals surface area contributed by atoms with E-state index in [0.717, 1.165) is 26.1 Å². The highest BCUT2D eigenvalue weighted by atomic mass is 16.7. The number of nitrogens with zero attached hydrogens (tertiary/aromatic N) is 2. The van der Waals surface area contributed by atoms with E-state index in [4.69, 9.17) is 14.6 Å². The summed E-state index contributed by atoms with van der Waals surface area (Å²) >= 11 is 0. The highest BCUT2D eigenvalue weighted by molar-refractivity contribution is 6.54. The molecule has 2 heterocycles. The van der Waals surface area contributed by atoms with Crippen LogP contribution < -0.4 is 0 Å². The van der Waals surface area contributed by atoms with Crippen molar-refractivity contribution in [3.8, 4) is 6.07 Å². The summed E-state index contributed by atoms with van der Waals surface area (Å²) in [6.45, 7) is 11.0. The van der Waals surface area contributed by atoms with Gasteiger partial charge < -0.3 is 9.31 Å². The molecule has 4 nitrogen and oxygen atoms in total. The summed E-state index contributed by atoms with van der Waals surface area (Å²) < 4.78 is 12.1. The van der Waals surface area contributed by atoms with Crippen LogP contribution in [0.5, 0.6) is 0 Å². The van der Waals surface area contributed by atoms with E-state index in [1.54, 1.807) is 0 Å². The Morgan fingerprint density at radius 2 is 1.95 bits per heavy atom. The summed E-state index contributed by atoms with van der Waals surface area (Å²) in [5, 5.41) is 8.60. The van der Waals surface area contributed by atoms with Crippen LogP contribution in [-0.2, 0) is 9.31 Å². The lowest BCUT2D eigenvalue weighted by atomic mass is 9.75. The molecule has 0 bridgehead atoms. The fourth-order valence-corrected chi connectivity index (χ4v) is 2.35. The first-order chi connectivity index (χ1) is 8.86. The fraction of sp³-hybridized carbons (Fsp3) is 0.786. The van der Waals surface area contributed by atoms with E-state index in [2.05, 4.69) is 44.7 Å². The van der Waals surface area contributed by atoms with Crippen molar-refractivity contribution in [3.05, 3.63) is 11.5 Å². The van der Waals surface area contributed by atoms with Crippen LogP contribution in [0.2, 0.25) is 0 Å². The van der Waals surface area contributed by atoms with Crippen LogP contribution in [0.3, 0.4) is 0 Å². The van der Waals surface area contributed by atoms with E-state index in [-0.39, 0.29) is 18.3 Å². The quantitative estimate of drug-likeness (QED) is 0.731. The summed E-state index contributed by atoms with van der Waals surface area (Å²) in [5.74, 6) is 0. The largest absolute Gasteiger partial charge is 0.490 e. The number of hydrogen-bond donors (Lipinski definition) is 0. The minimum Gasteiger partial charge on any atom is -0.400 e. The van der Waals surface area contributed by atoms with Gasteiger partial charge in [0.2, 0.25) is 0 Å². The van der Waals surface area contributed by atoms with Crippen molar-refractivity contribution in [1.29, 1.82) is 5.26 Å². The van der Waals surface area contributed by atoms with Crippen molar-refractivity contribution in [2.45, 2.75) is 51.7 Å². The molecule has 1 saturated heterocycles. The third-order valence-corrected chi connectivity index (χ3v) is 4.42. The summed E-state index contributed by atoms with van der Waals surface area (Å²) in [6, 6.07) is 2.19. The van der Waals surface area contributed by atoms with Crippen LogP contribution in [0, 0.1) is 11.3 Å². The molecular weight excluding hydrogens is 239 g/mol. The Bertz CT molecular complexity index is 396. The molecule has 0 N–H and O–H groups in total. The second-order valence-corrected chi connectivity index (χ2v) is 6.33. The van der Waals surface area contributed by atoms with Crippen molar-refractivity contribution in [3.63, 3.8) is 0 Å². The minimum absolute atomic E-state index is 0.205. The molecule has 5 heteroatoms. The average molecular weight is 262 g/mol. The summed E-state index contributed by atoms with van der Waals surface area (Å²) in [7, 11) is -0.205. The van der Waals surface area contributed by atoms with Gasteiger partial charge in [0.15, 0.2) is 0 Å². The predicted molar refractivity (Wildman–Crippen MR) is 75.5 cm³/mol. The maximum Gasteiger partial charge on any atom is 0.490 e. The molecule has 104 valence electrons. The number of rotatable bonds is 3. The van der Waals surface area contributed by atoms with E-state index in [1.165, 1.54) is 5.47 Å². The van der Waals surface area contributed by atoms with Gasteiger partial charge in [-0.1, -0.05) is 6.08 Å². The van der Waals surface area contributed by atoms with Crippen molar-refractivity contribution < 1.29 is 9.31 Å². The van der Waals surface area contributed by atoms with Crippen LogP contribution in [-0.4, -0.2) is 42.9 Å². The summed E-state index contributed by atoms with van der Waals surface area (Å²) in [5.41, 5.74) is 0.708. The molecule has 0 spiro atoms. The standard InChI is InChI=1S/C14H23BN2O2/c1-13(2)14(3,4)19-15(18-13)12-6-10-17(11-7-12)9-5-8-16/h6H,5,7,9-11H2,1-4H3. The molecule has 19 heavy (non-hydrogen) atoms. The SMILES string of the molecule is CC1(C)OB(C2=CCN(CCC#N)CC2)OC1(C)C. The smallest absolute Gasteiger partial charge is 0.400 e. The third kappa shape index (κ3) is 3.02. The monoisotopic (exact) mass is 262 g/mol. The van der Waals surface area contributed by atoms with E-state index < -0.39 is 0 Å². The first-order valence-corrected chi connectivity index (χ1v) is 6.99. The Morgan fingerprint density at radius 1 is 1.32 bits per heavy atom. The third-order valence-electron chi connectivity index (χ3n) is 4.42. The van der Waals surface area contributed by atoms with Crippen molar-refractivity contribution in [2.75, 3.05) is 19.6 Å². The molecular formula is C14H23BN2O2. The normalized spacial score (nSPS) is 26.1. The average Bonchev–Trinajstić information content (AvgIpc) is 2.56. The molecule has 0 amide bonds. The zero-order valence-electron chi connectivity index (χ0n) is 12.4. The molecule has 2 rings (SSSR count). The van der Waals surface area contributed by atoms with Gasteiger partial charge in [0.25, 0.3) is 0 Å². The maximum absolute atomic E-state index is 8.60. The Labute approximate surface area is 116 Å². The van der Waals surface area contributed by atoms with Crippen LogP contribution in [0.1, 0.15) is 40.5 Å². The maximum atomic E-state index is 8.60. The van der Waals surface area contributed by atoms with E-state index in [9.17, 15) is 0 Å². The fourth-order valence-electron chi connectivity index (χ4n) is 2.35. The first kappa shape index (κ1) is 14.6. The minimum atomic E-state index is -0.267. The van der Waals surface area contributed by atoms with Gasteiger partial charge in [0.1, 0.15) is 0 Å². The Hall–Kier alpha value is -0.825. The highest BCUT2D eigenvalue weighted by Crippen LogP contribution is 2.39.